The van der Waals surface area contributed by atoms with E-state index in [4.69, 9.17) is 18.1 Å². The molecule has 1 radical (unpaired) electrons. The van der Waals surface area contributed by atoms with Crippen molar-refractivity contribution >= 4 is 21.2 Å². The van der Waals surface area contributed by atoms with Gasteiger partial charge in [-0.25, -0.2) is 0 Å². The van der Waals surface area contributed by atoms with Gasteiger partial charge in [-0.1, -0.05) is 6.92 Å². The van der Waals surface area contributed by atoms with E-state index in [-0.39, 0.29) is 57.1 Å². The summed E-state index contributed by atoms with van der Waals surface area (Å²) >= 11 is 0. The molecule has 0 heterocycles. The van der Waals surface area contributed by atoms with E-state index in [9.17, 15) is 0 Å². The van der Waals surface area contributed by atoms with Crippen LogP contribution >= 0.6 is 0 Å². The summed E-state index contributed by atoms with van der Waals surface area (Å²) < 4.78 is 24.1. The molecular formula is C3H10KO4SSi. The molecule has 0 aliphatic carbocycles. The van der Waals surface area contributed by atoms with Crippen LogP contribution in [0.1, 0.15) is 6.42 Å². The monoisotopic (exact) mass is 209 g/mol. The van der Waals surface area contributed by atoms with Gasteiger partial charge < -0.3 is 18.1 Å². The van der Waals surface area contributed by atoms with Crippen LogP contribution in [-0.2, 0) is 19.4 Å². The number of aliphatic hydroxyl groups is 1. The summed E-state index contributed by atoms with van der Waals surface area (Å²) in [7, 11) is -2.00. The van der Waals surface area contributed by atoms with E-state index in [1.165, 1.54) is 0 Å². The molecule has 57 valence electrons. The summed E-state index contributed by atoms with van der Waals surface area (Å²) in [6, 6.07) is 0. The second-order valence-corrected chi connectivity index (χ2v) is 3.12. The molecule has 0 saturated carbocycles. The molecule has 0 spiro atoms. The van der Waals surface area contributed by atoms with Crippen molar-refractivity contribution in [3.63, 3.8) is 0 Å². The van der Waals surface area contributed by atoms with Gasteiger partial charge in [0.1, 0.15) is 0 Å². The number of hydrogen-bond acceptors (Lipinski definition) is 4. The summed E-state index contributed by atoms with van der Waals surface area (Å²) in [5.74, 6) is 0. The summed E-state index contributed by atoms with van der Waals surface area (Å²) in [4.78, 5) is 0. The third-order valence-corrected chi connectivity index (χ3v) is 0.995. The van der Waals surface area contributed by atoms with Crippen molar-refractivity contribution in [2.75, 3.05) is 0 Å². The molecule has 10 heavy (non-hydrogen) atoms. The van der Waals surface area contributed by atoms with Crippen molar-refractivity contribution in [3.8, 4) is 0 Å². The number of aliphatic hydroxyl groups excluding tert-OH is 1. The Morgan fingerprint density at radius 2 is 1.70 bits per heavy atom. The second kappa shape index (κ2) is 13.3. The van der Waals surface area contributed by atoms with Crippen LogP contribution in [0.2, 0.25) is 0 Å². The maximum atomic E-state index is 8.56. The Morgan fingerprint density at radius 1 is 1.60 bits per heavy atom. The molecule has 1 unspecified atom stereocenters. The van der Waals surface area contributed by atoms with E-state index in [1.54, 1.807) is 0 Å². The minimum atomic E-state index is -2.86. The molecule has 4 nitrogen and oxygen atoms in total. The van der Waals surface area contributed by atoms with E-state index in [0.717, 1.165) is 10.2 Å². The first-order valence-corrected chi connectivity index (χ1v) is 4.45. The fourth-order valence-corrected chi connectivity index (χ4v) is 0. The van der Waals surface area contributed by atoms with Crippen LogP contribution in [0.5, 0.6) is 0 Å². The standard InChI is InChI=1S/C3H9OSi.K.HO3S/c1-2-3(4)5;;1-4(2)3/h3-4H,1-2H2,5H3;;(H,1,2,3)/q;+1;-1. The fourth-order valence-electron chi connectivity index (χ4n) is 0. The zero-order valence-corrected chi connectivity index (χ0v) is 12.1. The van der Waals surface area contributed by atoms with Gasteiger partial charge in [0.15, 0.2) is 0 Å². The second-order valence-electron chi connectivity index (χ2n) is 1.35. The van der Waals surface area contributed by atoms with Gasteiger partial charge in [-0.05, 0) is 6.42 Å². The summed E-state index contributed by atoms with van der Waals surface area (Å²) in [5, 5.41) is 8.36. The minimum Gasteiger partial charge on any atom is -0.439 e. The molecule has 2 N–H and O–H groups in total. The fraction of sp³-hybridized carbons (Fsp3) is 0.667. The van der Waals surface area contributed by atoms with Gasteiger partial charge in [-0.15, -0.1) is 0 Å². The number of hydrogen-bond donors (Lipinski definition) is 2. The third kappa shape index (κ3) is 53.4. The maximum absolute atomic E-state index is 8.56. The van der Waals surface area contributed by atoms with Crippen LogP contribution in [-0.4, -0.2) is 25.6 Å². The van der Waals surface area contributed by atoms with Gasteiger partial charge in [0.25, 0.3) is 0 Å². The van der Waals surface area contributed by atoms with E-state index >= 15 is 0 Å². The summed E-state index contributed by atoms with van der Waals surface area (Å²) in [5.41, 5.74) is -0.0880. The molecule has 0 saturated heterocycles. The largest absolute Gasteiger partial charge is 1.00 e. The van der Waals surface area contributed by atoms with Gasteiger partial charge in [0.2, 0.25) is 0 Å². The van der Waals surface area contributed by atoms with E-state index in [0.29, 0.717) is 6.42 Å². The summed E-state index contributed by atoms with van der Waals surface area (Å²) in [6.07, 6.45) is 0.673. The molecule has 0 amide bonds. The predicted molar refractivity (Wildman–Crippen MR) is 37.3 cm³/mol. The van der Waals surface area contributed by atoms with Crippen molar-refractivity contribution in [2.24, 2.45) is 0 Å². The zero-order chi connectivity index (χ0) is 7.86. The SMILES string of the molecule is O=[S-](=O)O.[CH2]CC(O)[SiH3].[K+]. The third-order valence-electron chi connectivity index (χ3n) is 0.418. The Hall–Kier alpha value is 1.72. The summed E-state index contributed by atoms with van der Waals surface area (Å²) in [6.45, 7) is 3.47. The van der Waals surface area contributed by atoms with Crippen molar-refractivity contribution in [1.29, 1.82) is 0 Å². The van der Waals surface area contributed by atoms with Gasteiger partial charge in [-0.2, -0.15) is 0 Å². The van der Waals surface area contributed by atoms with Crippen LogP contribution in [0, 0.1) is 6.92 Å². The quantitative estimate of drug-likeness (QED) is 0.198. The Balaban J connectivity index is -0.0000000910. The average molecular weight is 209 g/mol. The molecule has 0 aromatic carbocycles. The van der Waals surface area contributed by atoms with Crippen molar-refractivity contribution in [1.82, 2.24) is 0 Å². The van der Waals surface area contributed by atoms with Crippen LogP contribution in [0.15, 0.2) is 0 Å². The molecule has 0 aromatic rings. The Morgan fingerprint density at radius 3 is 1.70 bits per heavy atom. The van der Waals surface area contributed by atoms with Crippen LogP contribution < -0.4 is 51.4 Å². The molecule has 0 aliphatic rings. The molecule has 1 atom stereocenters. The molecule has 0 aliphatic heterocycles. The predicted octanol–water partition coefficient (Wildman–Crippen LogP) is -4.33. The van der Waals surface area contributed by atoms with E-state index < -0.39 is 11.0 Å². The normalized spacial score (nSPS) is 11.2. The smallest absolute Gasteiger partial charge is 0.439 e. The van der Waals surface area contributed by atoms with E-state index in [2.05, 4.69) is 6.92 Å². The van der Waals surface area contributed by atoms with Gasteiger partial charge in [0, 0.05) is 27.0 Å². The number of rotatable bonds is 1. The van der Waals surface area contributed by atoms with E-state index in [1.807, 2.05) is 0 Å². The van der Waals surface area contributed by atoms with Crippen molar-refractivity contribution in [2.45, 2.75) is 12.1 Å². The van der Waals surface area contributed by atoms with Gasteiger partial charge in [0.05, 0.1) is 0 Å². The van der Waals surface area contributed by atoms with Crippen LogP contribution in [0.25, 0.3) is 0 Å². The Bertz CT molecular complexity index is 107. The first-order valence-electron chi connectivity index (χ1n) is 2.26. The molecule has 0 aromatic heterocycles. The van der Waals surface area contributed by atoms with Crippen LogP contribution in [0.4, 0.5) is 0 Å². The first kappa shape index (κ1) is 17.7. The molecule has 7 heteroatoms. The minimum absolute atomic E-state index is 0. The van der Waals surface area contributed by atoms with Crippen LogP contribution in [0.3, 0.4) is 0 Å². The molecule has 0 fully saturated rings. The van der Waals surface area contributed by atoms with Gasteiger partial charge >= 0.3 is 51.4 Å². The molecule has 0 rings (SSSR count). The van der Waals surface area contributed by atoms with Crippen molar-refractivity contribution in [3.05, 3.63) is 6.92 Å². The Labute approximate surface area is 108 Å². The molecular weight excluding hydrogens is 199 g/mol. The molecule has 0 bridgehead atoms. The average Bonchev–Trinajstić information content (AvgIpc) is 1.65. The van der Waals surface area contributed by atoms with Gasteiger partial charge in [-0.3, -0.25) is 0 Å². The first-order chi connectivity index (χ1) is 4.00. The van der Waals surface area contributed by atoms with Crippen molar-refractivity contribution < 1.29 is 69.5 Å². The topological polar surface area (TPSA) is 74.6 Å². The zero-order valence-electron chi connectivity index (χ0n) is 6.11. The maximum Gasteiger partial charge on any atom is 1.00 e. The Kier molecular flexibility index (Phi) is 23.6.